The maximum atomic E-state index is 11.4. The lowest BCUT2D eigenvalue weighted by Crippen LogP contribution is -2.39. The first kappa shape index (κ1) is 12.2. The fourth-order valence-electron chi connectivity index (χ4n) is 2.90. The van der Waals surface area contributed by atoms with Crippen LogP contribution in [0.2, 0.25) is 0 Å². The molecule has 0 radical (unpaired) electrons. The van der Waals surface area contributed by atoms with Crippen LogP contribution in [0.4, 0.5) is 0 Å². The molecule has 1 aromatic carbocycles. The largest absolute Gasteiger partial charge is 0.459 e. The lowest BCUT2D eigenvalue weighted by Gasteiger charge is -2.20. The van der Waals surface area contributed by atoms with E-state index in [0.29, 0.717) is 6.54 Å². The van der Waals surface area contributed by atoms with E-state index in [1.165, 1.54) is 0 Å². The second-order valence-corrected chi connectivity index (χ2v) is 5.18. The molecule has 4 nitrogen and oxygen atoms in total. The van der Waals surface area contributed by atoms with Crippen molar-refractivity contribution >= 4 is 16.9 Å². The first-order chi connectivity index (χ1) is 9.16. The van der Waals surface area contributed by atoms with Crippen molar-refractivity contribution in [1.29, 1.82) is 0 Å². The minimum absolute atomic E-state index is 0.146. The van der Waals surface area contributed by atoms with Gasteiger partial charge in [-0.05, 0) is 37.9 Å². The van der Waals surface area contributed by atoms with Gasteiger partial charge in [0, 0.05) is 5.39 Å². The maximum absolute atomic E-state index is 11.4. The molecule has 2 N–H and O–H groups in total. The van der Waals surface area contributed by atoms with Gasteiger partial charge in [-0.1, -0.05) is 18.2 Å². The van der Waals surface area contributed by atoms with E-state index in [2.05, 4.69) is 17.9 Å². The number of carbonyl (C=O) groups is 1. The predicted octanol–water partition coefficient (Wildman–Crippen LogP) is 2.19. The molecule has 4 heteroatoms. The molecule has 19 heavy (non-hydrogen) atoms. The van der Waals surface area contributed by atoms with Gasteiger partial charge in [0.05, 0.1) is 12.6 Å². The number of hydrogen-bond acceptors (Lipinski definition) is 3. The summed E-state index contributed by atoms with van der Waals surface area (Å²) >= 11 is 0. The lowest BCUT2D eigenvalue weighted by atomic mass is 10.1. The fourth-order valence-corrected chi connectivity index (χ4v) is 2.90. The van der Waals surface area contributed by atoms with Crippen molar-refractivity contribution in [2.45, 2.75) is 32.4 Å². The topological polar surface area (TPSA) is 59.5 Å². The van der Waals surface area contributed by atoms with E-state index in [-0.39, 0.29) is 11.9 Å². The Kier molecular flexibility index (Phi) is 3.03. The third-order valence-electron chi connectivity index (χ3n) is 3.98. The smallest absolute Gasteiger partial charge is 0.234 e. The number of para-hydroxylation sites is 1. The summed E-state index contributed by atoms with van der Waals surface area (Å²) in [7, 11) is 0. The van der Waals surface area contributed by atoms with Gasteiger partial charge in [-0.3, -0.25) is 9.69 Å². The van der Waals surface area contributed by atoms with Crippen LogP contribution >= 0.6 is 0 Å². The summed E-state index contributed by atoms with van der Waals surface area (Å²) in [6.45, 7) is 3.63. The molecule has 1 saturated heterocycles. The lowest BCUT2D eigenvalue weighted by molar-refractivity contribution is -0.122. The summed E-state index contributed by atoms with van der Waals surface area (Å²) < 4.78 is 5.90. The average Bonchev–Trinajstić information content (AvgIpc) is 2.97. The van der Waals surface area contributed by atoms with E-state index in [0.717, 1.165) is 41.7 Å². The number of carbonyl (C=O) groups excluding carboxylic acids is 1. The molecule has 2 heterocycles. The highest BCUT2D eigenvalue weighted by atomic mass is 16.3. The van der Waals surface area contributed by atoms with E-state index in [1.807, 2.05) is 18.2 Å². The molecule has 2 aromatic rings. The summed E-state index contributed by atoms with van der Waals surface area (Å²) in [6.07, 6.45) is 1.88. The fraction of sp³-hybridized carbons (Fsp3) is 0.400. The average molecular weight is 258 g/mol. The number of rotatable bonds is 3. The zero-order chi connectivity index (χ0) is 13.4. The number of aryl methyl sites for hydroxylation is 1. The van der Waals surface area contributed by atoms with Gasteiger partial charge >= 0.3 is 0 Å². The molecule has 1 fully saturated rings. The molecule has 3 rings (SSSR count). The number of hydrogen-bond donors (Lipinski definition) is 1. The summed E-state index contributed by atoms with van der Waals surface area (Å²) in [6, 6.07) is 7.87. The van der Waals surface area contributed by atoms with Crippen molar-refractivity contribution in [2.24, 2.45) is 5.73 Å². The van der Waals surface area contributed by atoms with Crippen LogP contribution in [-0.4, -0.2) is 23.4 Å². The Bertz CT molecular complexity index is 618. The number of fused-ring (bicyclic) bond motifs is 1. The molecule has 1 aromatic heterocycles. The van der Waals surface area contributed by atoms with Gasteiger partial charge in [0.15, 0.2) is 0 Å². The standard InChI is InChI=1S/C15H18N2O2/c1-10-11-5-2-3-7-13(11)19-14(10)9-17-8-4-6-12(17)15(16)18/h2-3,5,7,12H,4,6,8-9H2,1H3,(H2,16,18)/t12-/m0/s1. The molecule has 0 aliphatic carbocycles. The second kappa shape index (κ2) is 4.70. The third-order valence-corrected chi connectivity index (χ3v) is 3.98. The minimum atomic E-state index is -0.230. The normalized spacial score (nSPS) is 20.2. The van der Waals surface area contributed by atoms with Gasteiger partial charge in [0.2, 0.25) is 5.91 Å². The first-order valence-corrected chi connectivity index (χ1v) is 6.67. The van der Waals surface area contributed by atoms with Crippen LogP contribution in [0.3, 0.4) is 0 Å². The van der Waals surface area contributed by atoms with Gasteiger partial charge in [-0.25, -0.2) is 0 Å². The number of nitrogens with two attached hydrogens (primary N) is 1. The van der Waals surface area contributed by atoms with Crippen molar-refractivity contribution in [1.82, 2.24) is 4.90 Å². The molecule has 100 valence electrons. The number of amides is 1. The zero-order valence-corrected chi connectivity index (χ0v) is 11.1. The van der Waals surface area contributed by atoms with E-state index in [9.17, 15) is 4.79 Å². The highest BCUT2D eigenvalue weighted by molar-refractivity contribution is 5.82. The van der Waals surface area contributed by atoms with E-state index in [1.54, 1.807) is 0 Å². The Labute approximate surface area is 112 Å². The predicted molar refractivity (Wildman–Crippen MR) is 73.6 cm³/mol. The van der Waals surface area contributed by atoms with E-state index < -0.39 is 0 Å². The Morgan fingerprint density at radius 2 is 2.26 bits per heavy atom. The second-order valence-electron chi connectivity index (χ2n) is 5.18. The summed E-state index contributed by atoms with van der Waals surface area (Å²) in [5, 5.41) is 1.15. The molecule has 1 aliphatic heterocycles. The van der Waals surface area contributed by atoms with Crippen LogP contribution in [0.25, 0.3) is 11.0 Å². The molecular formula is C15H18N2O2. The number of primary amides is 1. The van der Waals surface area contributed by atoms with Crippen molar-refractivity contribution in [3.05, 3.63) is 35.6 Å². The van der Waals surface area contributed by atoms with E-state index >= 15 is 0 Å². The number of furan rings is 1. The van der Waals surface area contributed by atoms with Gasteiger partial charge in [0.1, 0.15) is 11.3 Å². The van der Waals surface area contributed by atoms with Crippen molar-refractivity contribution in [2.75, 3.05) is 6.54 Å². The van der Waals surface area contributed by atoms with Gasteiger partial charge < -0.3 is 10.2 Å². The zero-order valence-electron chi connectivity index (χ0n) is 11.1. The summed E-state index contributed by atoms with van der Waals surface area (Å²) in [5.41, 5.74) is 7.51. The van der Waals surface area contributed by atoms with Crippen LogP contribution in [0.1, 0.15) is 24.2 Å². The van der Waals surface area contributed by atoms with Gasteiger partial charge in [-0.2, -0.15) is 0 Å². The van der Waals surface area contributed by atoms with E-state index in [4.69, 9.17) is 10.2 Å². The molecule has 0 unspecified atom stereocenters. The van der Waals surface area contributed by atoms with Crippen LogP contribution in [0.5, 0.6) is 0 Å². The molecular weight excluding hydrogens is 240 g/mol. The van der Waals surface area contributed by atoms with Crippen molar-refractivity contribution in [3.63, 3.8) is 0 Å². The maximum Gasteiger partial charge on any atom is 0.234 e. The highest BCUT2D eigenvalue weighted by Gasteiger charge is 2.30. The monoisotopic (exact) mass is 258 g/mol. The van der Waals surface area contributed by atoms with Crippen LogP contribution in [0, 0.1) is 6.92 Å². The Hall–Kier alpha value is -1.81. The number of likely N-dealkylation sites (tertiary alicyclic amines) is 1. The molecule has 1 atom stereocenters. The van der Waals surface area contributed by atoms with Crippen molar-refractivity contribution in [3.8, 4) is 0 Å². The first-order valence-electron chi connectivity index (χ1n) is 6.67. The number of nitrogens with zero attached hydrogens (tertiary/aromatic N) is 1. The molecule has 0 saturated carbocycles. The Balaban J connectivity index is 1.89. The van der Waals surface area contributed by atoms with Gasteiger partial charge in [-0.15, -0.1) is 0 Å². The SMILES string of the molecule is Cc1c(CN2CCC[C@H]2C(N)=O)oc2ccccc12. The van der Waals surface area contributed by atoms with Gasteiger partial charge in [0.25, 0.3) is 0 Å². The minimum Gasteiger partial charge on any atom is -0.459 e. The summed E-state index contributed by atoms with van der Waals surface area (Å²) in [4.78, 5) is 13.5. The van der Waals surface area contributed by atoms with Crippen LogP contribution in [-0.2, 0) is 11.3 Å². The quantitative estimate of drug-likeness (QED) is 0.918. The Morgan fingerprint density at radius 1 is 1.47 bits per heavy atom. The van der Waals surface area contributed by atoms with Crippen LogP contribution < -0.4 is 5.73 Å². The van der Waals surface area contributed by atoms with Crippen LogP contribution in [0.15, 0.2) is 28.7 Å². The molecule has 0 bridgehead atoms. The van der Waals surface area contributed by atoms with Crippen molar-refractivity contribution < 1.29 is 9.21 Å². The summed E-state index contributed by atoms with van der Waals surface area (Å²) in [5.74, 6) is 0.709. The third kappa shape index (κ3) is 2.12. The Morgan fingerprint density at radius 3 is 3.00 bits per heavy atom. The highest BCUT2D eigenvalue weighted by Crippen LogP contribution is 2.28. The number of benzene rings is 1. The molecule has 0 spiro atoms. The molecule has 1 aliphatic rings. The molecule has 1 amide bonds.